The molecule has 0 saturated carbocycles. The minimum atomic E-state index is -0.600. The number of carbonyl (C=O) groups excluding carboxylic acids is 3. The molecule has 6 aromatic rings. The summed E-state index contributed by atoms with van der Waals surface area (Å²) >= 11 is 6.55. The molecular formula is C54H62Br2F2N10O10. The molecule has 20 nitrogen and oxygen atoms in total. The third-order valence-electron chi connectivity index (χ3n) is 13.3. The minimum Gasteiger partial charge on any atom is -0.493 e. The van der Waals surface area contributed by atoms with Gasteiger partial charge in [0.05, 0.1) is 49.3 Å². The number of aromatic nitrogens is 4. The summed E-state index contributed by atoms with van der Waals surface area (Å²) in [5.41, 5.74) is 2.13. The topological polar surface area (TPSA) is 224 Å². The van der Waals surface area contributed by atoms with E-state index in [1.54, 1.807) is 58.3 Å². The normalized spacial score (nSPS) is 14.3. The second kappa shape index (κ2) is 28.1. The van der Waals surface area contributed by atoms with Gasteiger partial charge in [-0.05, 0) is 92.5 Å². The van der Waals surface area contributed by atoms with Gasteiger partial charge in [-0.3, -0.25) is 4.90 Å². The number of likely N-dealkylation sites (tertiary alicyclic amines) is 2. The Kier molecular flexibility index (Phi) is 20.1. The molecule has 0 unspecified atom stereocenters. The van der Waals surface area contributed by atoms with E-state index in [1.165, 1.54) is 31.9 Å². The number of carbonyl (C=O) groups is 3. The smallest absolute Gasteiger partial charge is 0.409 e. The molecule has 2 aromatic heterocycles. The van der Waals surface area contributed by atoms with Crippen LogP contribution in [0.1, 0.15) is 45.9 Å². The number of alkyl carbamates (subject to hydrolysis) is 1. The molecule has 78 heavy (non-hydrogen) atoms. The third-order valence-corrected chi connectivity index (χ3v) is 14.3. The van der Waals surface area contributed by atoms with E-state index in [0.29, 0.717) is 143 Å². The van der Waals surface area contributed by atoms with Gasteiger partial charge < -0.3 is 59.3 Å². The highest BCUT2D eigenvalue weighted by Crippen LogP contribution is 2.37. The monoisotopic (exact) mass is 1210 g/mol. The van der Waals surface area contributed by atoms with E-state index in [0.717, 1.165) is 0 Å². The molecule has 2 fully saturated rings. The molecular weight excluding hydrogens is 1150 g/mol. The summed E-state index contributed by atoms with van der Waals surface area (Å²) in [6, 6.07) is 16.3. The van der Waals surface area contributed by atoms with Crippen molar-refractivity contribution >= 4 is 95.0 Å². The van der Waals surface area contributed by atoms with Crippen LogP contribution in [0.5, 0.6) is 17.2 Å². The van der Waals surface area contributed by atoms with Crippen LogP contribution in [0, 0.1) is 23.5 Å². The summed E-state index contributed by atoms with van der Waals surface area (Å²) < 4.78 is 72.6. The van der Waals surface area contributed by atoms with Gasteiger partial charge >= 0.3 is 18.3 Å². The Morgan fingerprint density at radius 3 is 1.69 bits per heavy atom. The van der Waals surface area contributed by atoms with Crippen LogP contribution in [0.2, 0.25) is 0 Å². The van der Waals surface area contributed by atoms with Gasteiger partial charge in [-0.15, -0.1) is 0 Å². The molecule has 2 saturated heterocycles. The van der Waals surface area contributed by atoms with Crippen LogP contribution in [-0.2, 0) is 20.8 Å². The molecule has 3 amide bonds. The molecule has 4 N–H and O–H groups in total. The third kappa shape index (κ3) is 15.7. The number of ether oxygens (including phenoxy) is 6. The highest BCUT2D eigenvalue weighted by atomic mass is 79.9. The van der Waals surface area contributed by atoms with Crippen molar-refractivity contribution in [3.05, 3.63) is 99.5 Å². The fraction of sp³-hybridized carbons (Fsp3) is 0.426. The Bertz CT molecular complexity index is 2860. The summed E-state index contributed by atoms with van der Waals surface area (Å²) in [6.07, 6.45) is 4.42. The molecule has 2 aliphatic heterocycles. The fourth-order valence-electron chi connectivity index (χ4n) is 8.89. The highest BCUT2D eigenvalue weighted by molar-refractivity contribution is 9.10. The number of hydrogen-bond donors (Lipinski definition) is 4. The number of hydrogen-bond acceptors (Lipinski definition) is 17. The van der Waals surface area contributed by atoms with Crippen molar-refractivity contribution in [1.82, 2.24) is 40.0 Å². The van der Waals surface area contributed by atoms with E-state index < -0.39 is 29.9 Å². The van der Waals surface area contributed by atoms with E-state index >= 15 is 0 Å². The Hall–Kier alpha value is -6.89. The first-order valence-electron chi connectivity index (χ1n) is 26.2. The summed E-state index contributed by atoms with van der Waals surface area (Å²) in [4.78, 5) is 61.3. The standard InChI is InChI=1S/C54H62Br2F2N10O10/c1-3-12-59-52(70)74-20-17-66(18-21-75-53(71)67-13-8-34(9-14-67)30-77-47-27-45-39(23-36(47)29-69)50(62-32-60-45)64-43-6-4-37(55)24-41(43)57)19-22-76-54(72)68-15-10-35(11-16-68)31-78-49-28-46-40(26-48(49)73-2)51(63-33-61-46)65-44-7-5-38(56)25-42(44)58/h4-7,23-28,32-35,69H,3,8-22,29-31H2,1-2H3,(H,59,70)(H,60,62,64)(H,61,63,65)/i1D. The van der Waals surface area contributed by atoms with Crippen LogP contribution in [0.25, 0.3) is 21.8 Å². The molecule has 0 aliphatic carbocycles. The zero-order chi connectivity index (χ0) is 55.7. The number of rotatable bonds is 23. The lowest BCUT2D eigenvalue weighted by Crippen LogP contribution is -2.42. The average molecular weight is 1210 g/mol. The van der Waals surface area contributed by atoms with Crippen molar-refractivity contribution in [3.63, 3.8) is 0 Å². The predicted octanol–water partition coefficient (Wildman–Crippen LogP) is 9.96. The lowest BCUT2D eigenvalue weighted by Gasteiger charge is -2.32. The molecule has 416 valence electrons. The zero-order valence-electron chi connectivity index (χ0n) is 44.0. The Balaban J connectivity index is 0.763. The first-order valence-corrected chi connectivity index (χ1v) is 27.1. The van der Waals surface area contributed by atoms with Crippen LogP contribution in [-0.4, -0.2) is 151 Å². The molecule has 8 rings (SSSR count). The number of fused-ring (bicyclic) bond motifs is 2. The van der Waals surface area contributed by atoms with Gasteiger partial charge in [0.1, 0.15) is 61.5 Å². The summed E-state index contributed by atoms with van der Waals surface area (Å²) in [5, 5.41) is 20.1. The number of anilines is 4. The number of nitrogens with one attached hydrogen (secondary N) is 3. The molecule has 4 heterocycles. The molecule has 24 heteroatoms. The van der Waals surface area contributed by atoms with Crippen molar-refractivity contribution < 1.29 is 58.1 Å². The number of methoxy groups -OCH3 is 1. The average Bonchev–Trinajstić information content (AvgIpc) is 3.55. The maximum absolute atomic E-state index is 14.6. The number of nitrogens with zero attached hydrogens (tertiary/aromatic N) is 7. The van der Waals surface area contributed by atoms with Gasteiger partial charge in [-0.1, -0.05) is 38.8 Å². The van der Waals surface area contributed by atoms with E-state index in [-0.39, 0.29) is 76.2 Å². The predicted molar refractivity (Wildman–Crippen MR) is 295 cm³/mol. The molecule has 0 bridgehead atoms. The van der Waals surface area contributed by atoms with Crippen molar-refractivity contribution in [1.29, 1.82) is 0 Å². The molecule has 0 spiro atoms. The second-order valence-corrected chi connectivity index (χ2v) is 20.4. The lowest BCUT2D eigenvalue weighted by molar-refractivity contribution is 0.0560. The molecule has 2 aliphatic rings. The van der Waals surface area contributed by atoms with E-state index in [2.05, 4.69) is 67.7 Å². The molecule has 0 radical (unpaired) electrons. The minimum absolute atomic E-state index is 0.0314. The fourth-order valence-corrected chi connectivity index (χ4v) is 9.56. The summed E-state index contributed by atoms with van der Waals surface area (Å²) in [5.74, 6) is 1.56. The van der Waals surface area contributed by atoms with Crippen molar-refractivity contribution in [2.24, 2.45) is 11.8 Å². The molecule has 4 aromatic carbocycles. The van der Waals surface area contributed by atoms with Crippen LogP contribution in [0.4, 0.5) is 46.2 Å². The Morgan fingerprint density at radius 1 is 0.692 bits per heavy atom. The maximum Gasteiger partial charge on any atom is 0.409 e. The Morgan fingerprint density at radius 2 is 1.19 bits per heavy atom. The van der Waals surface area contributed by atoms with Crippen LogP contribution >= 0.6 is 31.9 Å². The van der Waals surface area contributed by atoms with Crippen molar-refractivity contribution in [2.45, 2.75) is 45.6 Å². The summed E-state index contributed by atoms with van der Waals surface area (Å²) in [6.45, 7) is 3.71. The SMILES string of the molecule is [2H]CCCNC(=O)OCCN(CCOC(=O)N1CCC(COc2cc3ncnc(Nc4ccc(Br)cc4F)c3cc2CO)CC1)CCOC(=O)N1CCC(COc2cc3ncnc(Nc4ccc(Br)cc4F)c3cc2OC)CC1. The van der Waals surface area contributed by atoms with Gasteiger partial charge in [-0.2, -0.15) is 0 Å². The van der Waals surface area contributed by atoms with Gasteiger partial charge in [0.25, 0.3) is 0 Å². The zero-order valence-corrected chi connectivity index (χ0v) is 46.2. The van der Waals surface area contributed by atoms with Crippen LogP contribution < -0.4 is 30.2 Å². The number of piperidine rings is 2. The van der Waals surface area contributed by atoms with Crippen LogP contribution in [0.15, 0.2) is 82.3 Å². The number of amides is 3. The molecule has 0 atom stereocenters. The highest BCUT2D eigenvalue weighted by Gasteiger charge is 2.27. The van der Waals surface area contributed by atoms with Gasteiger partial charge in [0.2, 0.25) is 0 Å². The van der Waals surface area contributed by atoms with E-state index in [4.69, 9.17) is 29.8 Å². The number of aliphatic hydroxyl groups excluding tert-OH is 1. The quantitative estimate of drug-likeness (QED) is 0.0346. The van der Waals surface area contributed by atoms with E-state index in [9.17, 15) is 28.3 Å². The van der Waals surface area contributed by atoms with Crippen molar-refractivity contribution in [3.8, 4) is 17.2 Å². The number of aliphatic hydroxyl groups is 1. The lowest BCUT2D eigenvalue weighted by atomic mass is 9.98. The Labute approximate surface area is 468 Å². The van der Waals surface area contributed by atoms with E-state index in [1.807, 2.05) is 4.90 Å². The van der Waals surface area contributed by atoms with Gasteiger partial charge in [0, 0.05) is 91.1 Å². The van der Waals surface area contributed by atoms with Gasteiger partial charge in [0.15, 0.2) is 11.5 Å². The first-order chi connectivity index (χ1) is 38.4. The van der Waals surface area contributed by atoms with Crippen molar-refractivity contribution in [2.75, 3.05) is 103 Å². The second-order valence-electron chi connectivity index (χ2n) is 18.6. The largest absolute Gasteiger partial charge is 0.493 e. The number of benzene rings is 4. The van der Waals surface area contributed by atoms with Gasteiger partial charge in [-0.25, -0.2) is 43.1 Å². The summed E-state index contributed by atoms with van der Waals surface area (Å²) in [7, 11) is 1.54. The first kappa shape index (κ1) is 55.9. The number of halogens is 4. The van der Waals surface area contributed by atoms with Crippen LogP contribution in [0.3, 0.4) is 0 Å². The maximum atomic E-state index is 14.6.